The van der Waals surface area contributed by atoms with Crippen LogP contribution in [0.4, 0.5) is 11.8 Å². The van der Waals surface area contributed by atoms with Gasteiger partial charge in [-0.2, -0.15) is 4.98 Å². The molecule has 0 aliphatic carbocycles. The Bertz CT molecular complexity index is 720. The van der Waals surface area contributed by atoms with Crippen LogP contribution in [0.25, 0.3) is 0 Å². The topological polar surface area (TPSA) is 82.7 Å². The molecule has 0 bridgehead atoms. The Labute approximate surface area is 154 Å². The van der Waals surface area contributed by atoms with Gasteiger partial charge in [-0.1, -0.05) is 18.2 Å². The molecule has 1 aliphatic rings. The number of aromatic nitrogens is 2. The van der Waals surface area contributed by atoms with Gasteiger partial charge in [0.1, 0.15) is 11.6 Å². The number of benzene rings is 1. The summed E-state index contributed by atoms with van der Waals surface area (Å²) in [5, 5.41) is 0. The summed E-state index contributed by atoms with van der Waals surface area (Å²) in [4.78, 5) is 11.0. The number of nitrogen functional groups attached to an aromatic ring is 1. The van der Waals surface area contributed by atoms with Gasteiger partial charge in [0, 0.05) is 44.4 Å². The standard InChI is InChI=1S/C19H26N4O3/c1-24-10-8-23(12-14-5-3-4-6-17(14)25-2)18-11-16(21-19(20)22-18)15-7-9-26-13-15/h3-6,11,15H,7-10,12-13H2,1-2H3,(H2,20,21,22). The Balaban J connectivity index is 1.89. The van der Waals surface area contributed by atoms with Gasteiger partial charge >= 0.3 is 0 Å². The number of para-hydroxylation sites is 1. The number of anilines is 2. The molecule has 1 aliphatic heterocycles. The monoisotopic (exact) mass is 358 g/mol. The Kier molecular flexibility index (Phi) is 6.25. The molecule has 1 aromatic carbocycles. The van der Waals surface area contributed by atoms with Crippen LogP contribution in [0.5, 0.6) is 5.75 Å². The van der Waals surface area contributed by atoms with Crippen LogP contribution in [0, 0.1) is 0 Å². The van der Waals surface area contributed by atoms with Gasteiger partial charge in [-0.3, -0.25) is 0 Å². The summed E-state index contributed by atoms with van der Waals surface area (Å²) in [5.41, 5.74) is 8.01. The third-order valence-electron chi connectivity index (χ3n) is 4.54. The van der Waals surface area contributed by atoms with Crippen molar-refractivity contribution in [2.75, 3.05) is 51.2 Å². The second-order valence-electron chi connectivity index (χ2n) is 6.30. The van der Waals surface area contributed by atoms with Crippen molar-refractivity contribution < 1.29 is 14.2 Å². The average Bonchev–Trinajstić information content (AvgIpc) is 3.19. The highest BCUT2D eigenvalue weighted by Gasteiger charge is 2.22. The maximum atomic E-state index is 6.00. The number of nitrogens with zero attached hydrogens (tertiary/aromatic N) is 3. The molecule has 1 fully saturated rings. The second-order valence-corrected chi connectivity index (χ2v) is 6.30. The van der Waals surface area contributed by atoms with Crippen LogP contribution in [0.15, 0.2) is 30.3 Å². The molecule has 1 saturated heterocycles. The minimum absolute atomic E-state index is 0.273. The molecule has 2 heterocycles. The summed E-state index contributed by atoms with van der Waals surface area (Å²) in [6.07, 6.45) is 0.959. The lowest BCUT2D eigenvalue weighted by atomic mass is 10.0. The molecule has 140 valence electrons. The Morgan fingerprint density at radius 3 is 2.85 bits per heavy atom. The number of hydrogen-bond donors (Lipinski definition) is 1. The third-order valence-corrected chi connectivity index (χ3v) is 4.54. The summed E-state index contributed by atoms with van der Waals surface area (Å²) in [6.45, 7) is 3.36. The molecule has 0 saturated carbocycles. The minimum Gasteiger partial charge on any atom is -0.496 e. The fourth-order valence-electron chi connectivity index (χ4n) is 3.13. The first-order valence-corrected chi connectivity index (χ1v) is 8.79. The summed E-state index contributed by atoms with van der Waals surface area (Å²) in [7, 11) is 3.37. The van der Waals surface area contributed by atoms with Crippen molar-refractivity contribution in [1.82, 2.24) is 9.97 Å². The third kappa shape index (κ3) is 4.42. The first-order valence-electron chi connectivity index (χ1n) is 8.79. The van der Waals surface area contributed by atoms with E-state index in [2.05, 4.69) is 20.9 Å². The van der Waals surface area contributed by atoms with E-state index in [-0.39, 0.29) is 11.9 Å². The first-order chi connectivity index (χ1) is 12.7. The van der Waals surface area contributed by atoms with Crippen molar-refractivity contribution in [2.24, 2.45) is 0 Å². The van der Waals surface area contributed by atoms with Gasteiger partial charge in [0.2, 0.25) is 5.95 Å². The summed E-state index contributed by atoms with van der Waals surface area (Å²) >= 11 is 0. The van der Waals surface area contributed by atoms with Crippen LogP contribution in [0.1, 0.15) is 23.6 Å². The van der Waals surface area contributed by atoms with Crippen molar-refractivity contribution in [1.29, 1.82) is 0 Å². The zero-order chi connectivity index (χ0) is 18.4. The minimum atomic E-state index is 0.273. The summed E-state index contributed by atoms with van der Waals surface area (Å²) in [6, 6.07) is 9.99. The molecular weight excluding hydrogens is 332 g/mol. The van der Waals surface area contributed by atoms with E-state index in [4.69, 9.17) is 19.9 Å². The van der Waals surface area contributed by atoms with Crippen molar-refractivity contribution in [3.05, 3.63) is 41.6 Å². The van der Waals surface area contributed by atoms with Gasteiger partial charge < -0.3 is 24.8 Å². The molecule has 0 spiro atoms. The predicted octanol–water partition coefficient (Wildman–Crippen LogP) is 2.22. The average molecular weight is 358 g/mol. The van der Waals surface area contributed by atoms with Crippen molar-refractivity contribution in [3.63, 3.8) is 0 Å². The molecular formula is C19H26N4O3. The number of ether oxygens (including phenoxy) is 3. The maximum absolute atomic E-state index is 6.00. The van der Waals surface area contributed by atoms with Crippen molar-refractivity contribution in [3.8, 4) is 5.75 Å². The zero-order valence-corrected chi connectivity index (χ0v) is 15.4. The zero-order valence-electron chi connectivity index (χ0n) is 15.4. The van der Waals surface area contributed by atoms with E-state index in [9.17, 15) is 0 Å². The van der Waals surface area contributed by atoms with Crippen LogP contribution < -0.4 is 15.4 Å². The van der Waals surface area contributed by atoms with E-state index in [0.717, 1.165) is 35.9 Å². The number of hydrogen-bond acceptors (Lipinski definition) is 7. The van der Waals surface area contributed by atoms with Crippen molar-refractivity contribution in [2.45, 2.75) is 18.9 Å². The van der Waals surface area contributed by atoms with Gasteiger partial charge in [0.25, 0.3) is 0 Å². The molecule has 2 aromatic rings. The Hall–Kier alpha value is -2.38. The number of rotatable bonds is 8. The second kappa shape index (κ2) is 8.82. The van der Waals surface area contributed by atoms with Crippen molar-refractivity contribution >= 4 is 11.8 Å². The largest absolute Gasteiger partial charge is 0.496 e. The molecule has 3 rings (SSSR count). The molecule has 2 N–H and O–H groups in total. The maximum Gasteiger partial charge on any atom is 0.222 e. The Morgan fingerprint density at radius 1 is 1.27 bits per heavy atom. The lowest BCUT2D eigenvalue weighted by molar-refractivity contribution is 0.193. The number of nitrogens with two attached hydrogens (primary N) is 1. The molecule has 7 heteroatoms. The summed E-state index contributed by atoms with van der Waals surface area (Å²) in [5.74, 6) is 2.20. The first kappa shape index (κ1) is 18.4. The smallest absolute Gasteiger partial charge is 0.222 e. The molecule has 7 nitrogen and oxygen atoms in total. The molecule has 0 radical (unpaired) electrons. The van der Waals surface area contributed by atoms with Crippen LogP contribution in [-0.2, 0) is 16.0 Å². The molecule has 26 heavy (non-hydrogen) atoms. The van der Waals surface area contributed by atoms with Crippen LogP contribution >= 0.6 is 0 Å². The van der Waals surface area contributed by atoms with Gasteiger partial charge in [0.05, 0.1) is 26.0 Å². The highest BCUT2D eigenvalue weighted by atomic mass is 16.5. The SMILES string of the molecule is COCCN(Cc1ccccc1OC)c1cc(C2CCOC2)nc(N)n1. The predicted molar refractivity (Wildman–Crippen MR) is 101 cm³/mol. The molecule has 1 unspecified atom stereocenters. The normalized spacial score (nSPS) is 16.6. The van der Waals surface area contributed by atoms with Gasteiger partial charge in [-0.25, -0.2) is 4.98 Å². The van der Waals surface area contributed by atoms with E-state index >= 15 is 0 Å². The van der Waals surface area contributed by atoms with Crippen LogP contribution in [0.3, 0.4) is 0 Å². The summed E-state index contributed by atoms with van der Waals surface area (Å²) < 4.78 is 16.3. The molecule has 1 atom stereocenters. The van der Waals surface area contributed by atoms with E-state index in [1.807, 2.05) is 24.3 Å². The highest BCUT2D eigenvalue weighted by molar-refractivity contribution is 5.47. The highest BCUT2D eigenvalue weighted by Crippen LogP contribution is 2.28. The molecule has 1 aromatic heterocycles. The number of methoxy groups -OCH3 is 2. The van der Waals surface area contributed by atoms with E-state index in [1.165, 1.54) is 0 Å². The van der Waals surface area contributed by atoms with Crippen LogP contribution in [-0.4, -0.2) is 50.6 Å². The lowest BCUT2D eigenvalue weighted by Gasteiger charge is -2.25. The van der Waals surface area contributed by atoms with E-state index in [0.29, 0.717) is 26.3 Å². The molecule has 0 amide bonds. The van der Waals surface area contributed by atoms with E-state index < -0.39 is 0 Å². The van der Waals surface area contributed by atoms with Gasteiger partial charge in [-0.15, -0.1) is 0 Å². The fourth-order valence-corrected chi connectivity index (χ4v) is 3.13. The lowest BCUT2D eigenvalue weighted by Crippen LogP contribution is -2.28. The van der Waals surface area contributed by atoms with Gasteiger partial charge in [0.15, 0.2) is 0 Å². The quantitative estimate of drug-likeness (QED) is 0.775. The Morgan fingerprint density at radius 2 is 2.12 bits per heavy atom. The van der Waals surface area contributed by atoms with E-state index in [1.54, 1.807) is 14.2 Å². The van der Waals surface area contributed by atoms with Gasteiger partial charge in [-0.05, 0) is 12.5 Å². The van der Waals surface area contributed by atoms with Crippen LogP contribution in [0.2, 0.25) is 0 Å². The fraction of sp³-hybridized carbons (Fsp3) is 0.474.